The van der Waals surface area contributed by atoms with Crippen LogP contribution in [0.15, 0.2) is 18.5 Å². The van der Waals surface area contributed by atoms with Crippen LogP contribution in [0.3, 0.4) is 0 Å². The summed E-state index contributed by atoms with van der Waals surface area (Å²) in [5, 5.41) is 3.95. The van der Waals surface area contributed by atoms with Crippen LogP contribution >= 0.6 is 0 Å². The van der Waals surface area contributed by atoms with E-state index >= 15 is 0 Å². The molecule has 3 unspecified atom stereocenters. The van der Waals surface area contributed by atoms with E-state index in [9.17, 15) is 0 Å². The van der Waals surface area contributed by atoms with E-state index in [1.807, 2.05) is 18.5 Å². The number of fused-ring (bicyclic) bond motifs is 2. The Labute approximate surface area is 121 Å². The first-order valence-corrected chi connectivity index (χ1v) is 8.16. The van der Waals surface area contributed by atoms with Crippen molar-refractivity contribution in [1.29, 1.82) is 0 Å². The number of anilines is 1. The highest BCUT2D eigenvalue weighted by molar-refractivity contribution is 5.29. The highest BCUT2D eigenvalue weighted by atomic mass is 15.3. The van der Waals surface area contributed by atoms with E-state index in [1.54, 1.807) is 0 Å². The summed E-state index contributed by atoms with van der Waals surface area (Å²) in [5.41, 5.74) is 0. The van der Waals surface area contributed by atoms with Gasteiger partial charge in [-0.05, 0) is 50.0 Å². The zero-order chi connectivity index (χ0) is 13.4. The van der Waals surface area contributed by atoms with Gasteiger partial charge in [-0.15, -0.1) is 0 Å². The third-order valence-electron chi connectivity index (χ3n) is 5.52. The molecule has 3 atom stereocenters. The number of rotatable bonds is 3. The number of nitrogens with zero attached hydrogens (tertiary/aromatic N) is 3. The van der Waals surface area contributed by atoms with E-state index in [4.69, 9.17) is 0 Å². The van der Waals surface area contributed by atoms with Gasteiger partial charge in [0, 0.05) is 37.6 Å². The van der Waals surface area contributed by atoms with Gasteiger partial charge < -0.3 is 10.2 Å². The second-order valence-corrected chi connectivity index (χ2v) is 6.76. The van der Waals surface area contributed by atoms with Crippen LogP contribution in [0.5, 0.6) is 0 Å². The van der Waals surface area contributed by atoms with E-state index in [0.29, 0.717) is 6.04 Å². The van der Waals surface area contributed by atoms with Crippen LogP contribution in [0.4, 0.5) is 5.95 Å². The Kier molecular flexibility index (Phi) is 3.34. The summed E-state index contributed by atoms with van der Waals surface area (Å²) in [7, 11) is 0. The van der Waals surface area contributed by atoms with Crippen LogP contribution in [0.2, 0.25) is 0 Å². The maximum Gasteiger partial charge on any atom is 0.225 e. The zero-order valence-corrected chi connectivity index (χ0v) is 12.0. The number of nitrogens with one attached hydrogen (secondary N) is 1. The zero-order valence-electron chi connectivity index (χ0n) is 12.0. The maximum absolute atomic E-state index is 4.36. The lowest BCUT2D eigenvalue weighted by Crippen LogP contribution is -2.48. The van der Waals surface area contributed by atoms with Crippen molar-refractivity contribution in [3.63, 3.8) is 0 Å². The molecule has 2 aliphatic carbocycles. The molecule has 0 aromatic carbocycles. The Morgan fingerprint density at radius 1 is 1.00 bits per heavy atom. The molecule has 1 saturated heterocycles. The minimum atomic E-state index is 0.708. The second-order valence-electron chi connectivity index (χ2n) is 6.76. The Balaban J connectivity index is 1.29. The molecular formula is C16H24N4. The first-order valence-electron chi connectivity index (χ1n) is 8.16. The fraction of sp³-hybridized carbons (Fsp3) is 0.750. The minimum absolute atomic E-state index is 0.708. The van der Waals surface area contributed by atoms with Crippen molar-refractivity contribution in [2.24, 2.45) is 11.8 Å². The average molecular weight is 272 g/mol. The lowest BCUT2D eigenvalue weighted by atomic mass is 9.93. The van der Waals surface area contributed by atoms with Gasteiger partial charge in [0.25, 0.3) is 0 Å². The average Bonchev–Trinajstić information content (AvgIpc) is 3.12. The molecule has 4 rings (SSSR count). The number of aromatic nitrogens is 2. The normalized spacial score (nSPS) is 33.8. The number of hydrogen-bond acceptors (Lipinski definition) is 4. The summed E-state index contributed by atoms with van der Waals surface area (Å²) in [4.78, 5) is 11.0. The van der Waals surface area contributed by atoms with Gasteiger partial charge in [-0.25, -0.2) is 9.97 Å². The predicted octanol–water partition coefficient (Wildman–Crippen LogP) is 2.22. The minimum Gasteiger partial charge on any atom is -0.341 e. The topological polar surface area (TPSA) is 41.1 Å². The smallest absolute Gasteiger partial charge is 0.225 e. The standard InChI is InChI=1S/C16H24N4/c1-6-17-16(18-7-1)20-8-4-14(5-9-20)19-15-11-12-2-3-13(15)10-12/h1,6-7,12-15,19H,2-5,8-11H2. The first-order chi connectivity index (χ1) is 9.88. The third-order valence-corrected chi connectivity index (χ3v) is 5.52. The molecule has 0 radical (unpaired) electrons. The number of hydrogen-bond donors (Lipinski definition) is 1. The third kappa shape index (κ3) is 2.41. The van der Waals surface area contributed by atoms with Gasteiger partial charge in [0.2, 0.25) is 5.95 Å². The van der Waals surface area contributed by atoms with E-state index in [2.05, 4.69) is 20.2 Å². The number of piperidine rings is 1. The molecule has 4 nitrogen and oxygen atoms in total. The summed E-state index contributed by atoms with van der Waals surface area (Å²) >= 11 is 0. The largest absolute Gasteiger partial charge is 0.341 e. The van der Waals surface area contributed by atoms with Crippen molar-refractivity contribution in [2.45, 2.75) is 50.6 Å². The van der Waals surface area contributed by atoms with Gasteiger partial charge in [0.15, 0.2) is 0 Å². The molecule has 1 aliphatic heterocycles. The second kappa shape index (κ2) is 5.32. The van der Waals surface area contributed by atoms with Crippen molar-refractivity contribution in [3.05, 3.63) is 18.5 Å². The summed E-state index contributed by atoms with van der Waals surface area (Å²) < 4.78 is 0. The summed E-state index contributed by atoms with van der Waals surface area (Å²) in [6, 6.07) is 3.41. The van der Waals surface area contributed by atoms with Crippen LogP contribution in [0.25, 0.3) is 0 Å². The molecule has 1 aromatic heterocycles. The highest BCUT2D eigenvalue weighted by Gasteiger charge is 2.40. The predicted molar refractivity (Wildman–Crippen MR) is 79.6 cm³/mol. The lowest BCUT2D eigenvalue weighted by molar-refractivity contribution is 0.292. The van der Waals surface area contributed by atoms with Crippen molar-refractivity contribution >= 4 is 5.95 Å². The summed E-state index contributed by atoms with van der Waals surface area (Å²) in [5.74, 6) is 2.91. The Morgan fingerprint density at radius 2 is 1.80 bits per heavy atom. The fourth-order valence-electron chi connectivity index (χ4n) is 4.45. The van der Waals surface area contributed by atoms with Crippen LogP contribution in [-0.4, -0.2) is 35.1 Å². The molecule has 3 fully saturated rings. The molecule has 20 heavy (non-hydrogen) atoms. The van der Waals surface area contributed by atoms with Crippen molar-refractivity contribution in [3.8, 4) is 0 Å². The fourth-order valence-corrected chi connectivity index (χ4v) is 4.45. The van der Waals surface area contributed by atoms with Crippen molar-refractivity contribution in [2.75, 3.05) is 18.0 Å². The van der Waals surface area contributed by atoms with E-state index < -0.39 is 0 Å². The van der Waals surface area contributed by atoms with Crippen molar-refractivity contribution in [1.82, 2.24) is 15.3 Å². The van der Waals surface area contributed by atoms with Crippen molar-refractivity contribution < 1.29 is 0 Å². The molecule has 2 heterocycles. The van der Waals surface area contributed by atoms with E-state index in [1.165, 1.54) is 38.5 Å². The van der Waals surface area contributed by atoms with E-state index in [0.717, 1.165) is 36.9 Å². The lowest BCUT2D eigenvalue weighted by Gasteiger charge is -2.35. The monoisotopic (exact) mass is 272 g/mol. The van der Waals surface area contributed by atoms with Gasteiger partial charge in [-0.3, -0.25) is 0 Å². The molecule has 2 bridgehead atoms. The molecule has 1 aromatic rings. The van der Waals surface area contributed by atoms with Gasteiger partial charge >= 0.3 is 0 Å². The van der Waals surface area contributed by atoms with Crippen LogP contribution in [0, 0.1) is 11.8 Å². The van der Waals surface area contributed by atoms with Crippen LogP contribution in [0.1, 0.15) is 38.5 Å². The van der Waals surface area contributed by atoms with Gasteiger partial charge in [-0.2, -0.15) is 0 Å². The maximum atomic E-state index is 4.36. The van der Waals surface area contributed by atoms with Gasteiger partial charge in [0.05, 0.1) is 0 Å². The summed E-state index contributed by atoms with van der Waals surface area (Å²) in [6.45, 7) is 2.17. The first kappa shape index (κ1) is 12.6. The SMILES string of the molecule is c1cnc(N2CCC(NC3CC4CCC3C4)CC2)nc1. The Hall–Kier alpha value is -1.16. The molecular weight excluding hydrogens is 248 g/mol. The van der Waals surface area contributed by atoms with Crippen LogP contribution < -0.4 is 10.2 Å². The molecule has 1 N–H and O–H groups in total. The Bertz CT molecular complexity index is 441. The molecule has 4 heteroatoms. The van der Waals surface area contributed by atoms with Gasteiger partial charge in [0.1, 0.15) is 0 Å². The molecule has 108 valence electrons. The quantitative estimate of drug-likeness (QED) is 0.916. The highest BCUT2D eigenvalue weighted by Crippen LogP contribution is 2.44. The molecule has 3 aliphatic rings. The molecule has 0 spiro atoms. The van der Waals surface area contributed by atoms with Crippen LogP contribution in [-0.2, 0) is 0 Å². The Morgan fingerprint density at radius 3 is 2.45 bits per heavy atom. The van der Waals surface area contributed by atoms with E-state index in [-0.39, 0.29) is 0 Å². The van der Waals surface area contributed by atoms with Gasteiger partial charge in [-0.1, -0.05) is 6.42 Å². The summed E-state index contributed by atoms with van der Waals surface area (Å²) in [6.07, 6.45) is 12.0. The molecule has 2 saturated carbocycles. The molecule has 0 amide bonds.